The van der Waals surface area contributed by atoms with Crippen molar-refractivity contribution in [2.45, 2.75) is 51.6 Å². The average molecular weight is 629 g/mol. The minimum Gasteiger partial charge on any atom is -0.495 e. The summed E-state index contributed by atoms with van der Waals surface area (Å²) < 4.78 is 14.5. The molecule has 5 rings (SSSR count). The number of amides is 1. The van der Waals surface area contributed by atoms with Gasteiger partial charge in [0.25, 0.3) is 0 Å². The van der Waals surface area contributed by atoms with E-state index in [0.29, 0.717) is 49.6 Å². The molecule has 1 aliphatic carbocycles. The van der Waals surface area contributed by atoms with Crippen LogP contribution in [-0.2, 0) is 29.4 Å². The number of benzene rings is 1. The third-order valence-electron chi connectivity index (χ3n) is 7.44. The number of methoxy groups -OCH3 is 1. The Morgan fingerprint density at radius 2 is 2.02 bits per heavy atom. The lowest BCUT2D eigenvalue weighted by Crippen LogP contribution is -2.18. The number of nitrogens with zero attached hydrogens (tertiary/aromatic N) is 5. The van der Waals surface area contributed by atoms with Gasteiger partial charge in [0.05, 0.1) is 41.4 Å². The van der Waals surface area contributed by atoms with Crippen molar-refractivity contribution in [1.82, 2.24) is 24.5 Å². The third kappa shape index (κ3) is 5.80. The number of fused-ring (bicyclic) bond motifs is 1. The van der Waals surface area contributed by atoms with E-state index in [4.69, 9.17) is 21.1 Å². The Hall–Kier alpha value is -3.35. The number of carbonyl (C=O) groups is 2. The molecule has 13 heteroatoms. The van der Waals surface area contributed by atoms with Crippen LogP contribution in [0.4, 0.5) is 5.00 Å². The zero-order chi connectivity index (χ0) is 30.0. The molecule has 1 amide bonds. The quantitative estimate of drug-likeness (QED) is 0.165. The first-order chi connectivity index (χ1) is 20.3. The number of carbonyl (C=O) groups excluding carboxylic acids is 2. The maximum atomic E-state index is 13.3. The fourth-order valence-electron chi connectivity index (χ4n) is 5.08. The minimum atomic E-state index is -0.393. The Kier molecular flexibility index (Phi) is 9.24. The van der Waals surface area contributed by atoms with Gasteiger partial charge in [-0.25, -0.2) is 4.79 Å². The fourth-order valence-corrected chi connectivity index (χ4v) is 7.43. The van der Waals surface area contributed by atoms with Crippen molar-refractivity contribution < 1.29 is 19.1 Å². The van der Waals surface area contributed by atoms with Crippen LogP contribution >= 0.6 is 34.7 Å². The van der Waals surface area contributed by atoms with Gasteiger partial charge >= 0.3 is 5.97 Å². The maximum Gasteiger partial charge on any atom is 0.341 e. The molecule has 222 valence electrons. The first kappa shape index (κ1) is 30.1. The van der Waals surface area contributed by atoms with Gasteiger partial charge in [-0.2, -0.15) is 5.10 Å². The summed E-state index contributed by atoms with van der Waals surface area (Å²) in [6.45, 7) is 6.11. The lowest BCUT2D eigenvalue weighted by atomic mass is 9.85. The van der Waals surface area contributed by atoms with Gasteiger partial charge in [-0.05, 0) is 56.7 Å². The molecule has 1 atom stereocenters. The molecule has 1 aromatic carbocycles. The summed E-state index contributed by atoms with van der Waals surface area (Å²) in [6, 6.07) is 7.47. The molecule has 0 unspecified atom stereocenters. The Morgan fingerprint density at radius 3 is 2.71 bits per heavy atom. The van der Waals surface area contributed by atoms with E-state index in [0.717, 1.165) is 41.8 Å². The normalized spacial score (nSPS) is 14.5. The van der Waals surface area contributed by atoms with Gasteiger partial charge in [0.2, 0.25) is 5.91 Å². The SMILES string of the molecule is CCOC(=O)c1c(NC(=O)CSc2nnc(-c3nn(C)c(C)c3Cl)n2-c2ccccc2OC)sc2c1CC[C@H](CC)C2. The monoisotopic (exact) mass is 628 g/mol. The van der Waals surface area contributed by atoms with E-state index in [1.165, 1.54) is 23.1 Å². The van der Waals surface area contributed by atoms with Crippen LogP contribution in [0.1, 0.15) is 53.2 Å². The van der Waals surface area contributed by atoms with Crippen LogP contribution < -0.4 is 10.1 Å². The molecular weight excluding hydrogens is 596 g/mol. The van der Waals surface area contributed by atoms with Crippen LogP contribution in [0.2, 0.25) is 5.02 Å². The Labute approximate surface area is 257 Å². The van der Waals surface area contributed by atoms with Gasteiger partial charge in [0.15, 0.2) is 11.0 Å². The number of aryl methyl sites for hydroxylation is 1. The predicted molar refractivity (Wildman–Crippen MR) is 165 cm³/mol. The summed E-state index contributed by atoms with van der Waals surface area (Å²) >= 11 is 9.33. The van der Waals surface area contributed by atoms with Crippen LogP contribution in [0.3, 0.4) is 0 Å². The predicted octanol–water partition coefficient (Wildman–Crippen LogP) is 6.12. The van der Waals surface area contributed by atoms with E-state index >= 15 is 0 Å². The summed E-state index contributed by atoms with van der Waals surface area (Å²) in [5, 5.41) is 17.8. The van der Waals surface area contributed by atoms with E-state index in [-0.39, 0.29) is 18.3 Å². The zero-order valence-electron chi connectivity index (χ0n) is 24.2. The highest BCUT2D eigenvalue weighted by molar-refractivity contribution is 7.99. The molecule has 0 saturated heterocycles. The van der Waals surface area contributed by atoms with Gasteiger partial charge in [-0.15, -0.1) is 21.5 Å². The summed E-state index contributed by atoms with van der Waals surface area (Å²) in [5.74, 6) is 0.983. The highest BCUT2D eigenvalue weighted by Gasteiger charge is 2.30. The van der Waals surface area contributed by atoms with Crippen molar-refractivity contribution in [3.8, 4) is 23.0 Å². The topological polar surface area (TPSA) is 113 Å². The highest BCUT2D eigenvalue weighted by atomic mass is 35.5. The van der Waals surface area contributed by atoms with Gasteiger partial charge in [0, 0.05) is 11.9 Å². The van der Waals surface area contributed by atoms with Crippen molar-refractivity contribution in [3.05, 3.63) is 51.0 Å². The number of aromatic nitrogens is 5. The van der Waals surface area contributed by atoms with Crippen molar-refractivity contribution >= 4 is 51.6 Å². The molecule has 3 aromatic heterocycles. The van der Waals surface area contributed by atoms with Crippen LogP contribution in [0.15, 0.2) is 29.4 Å². The molecule has 42 heavy (non-hydrogen) atoms. The summed E-state index contributed by atoms with van der Waals surface area (Å²) in [6.07, 6.45) is 3.83. The van der Waals surface area contributed by atoms with Crippen LogP contribution in [0, 0.1) is 12.8 Å². The van der Waals surface area contributed by atoms with Crippen LogP contribution in [0.25, 0.3) is 17.2 Å². The number of halogens is 1. The maximum absolute atomic E-state index is 13.3. The van der Waals surface area contributed by atoms with E-state index in [1.54, 1.807) is 23.3 Å². The van der Waals surface area contributed by atoms with Gasteiger partial charge in [-0.3, -0.25) is 14.0 Å². The summed E-state index contributed by atoms with van der Waals surface area (Å²) in [7, 11) is 3.40. The lowest BCUT2D eigenvalue weighted by Gasteiger charge is -2.20. The Morgan fingerprint density at radius 1 is 1.24 bits per heavy atom. The summed E-state index contributed by atoms with van der Waals surface area (Å²) in [4.78, 5) is 27.4. The second-order valence-electron chi connectivity index (χ2n) is 9.97. The fraction of sp³-hybridized carbons (Fsp3) is 0.414. The number of esters is 1. The van der Waals surface area contributed by atoms with Crippen molar-refractivity contribution in [1.29, 1.82) is 0 Å². The number of rotatable bonds is 10. The van der Waals surface area contributed by atoms with Crippen LogP contribution in [0.5, 0.6) is 5.75 Å². The number of para-hydroxylation sites is 2. The zero-order valence-corrected chi connectivity index (χ0v) is 26.6. The first-order valence-corrected chi connectivity index (χ1v) is 16.0. The number of thioether (sulfide) groups is 1. The largest absolute Gasteiger partial charge is 0.495 e. The number of ether oxygens (including phenoxy) is 2. The second-order valence-corrected chi connectivity index (χ2v) is 12.4. The molecule has 10 nitrogen and oxygen atoms in total. The van der Waals surface area contributed by atoms with E-state index < -0.39 is 5.97 Å². The molecule has 1 aliphatic rings. The van der Waals surface area contributed by atoms with E-state index in [2.05, 4.69) is 27.5 Å². The first-order valence-electron chi connectivity index (χ1n) is 13.8. The number of thiophene rings is 1. The molecule has 0 fully saturated rings. The molecule has 0 radical (unpaired) electrons. The van der Waals surface area contributed by atoms with Gasteiger partial charge in [-0.1, -0.05) is 48.8 Å². The van der Waals surface area contributed by atoms with E-state index in [9.17, 15) is 9.59 Å². The number of nitrogens with one attached hydrogen (secondary N) is 1. The smallest absolute Gasteiger partial charge is 0.341 e. The Bertz CT molecular complexity index is 1630. The van der Waals surface area contributed by atoms with Crippen molar-refractivity contribution in [2.24, 2.45) is 13.0 Å². The Balaban J connectivity index is 1.44. The molecule has 0 saturated carbocycles. The molecule has 0 spiro atoms. The minimum absolute atomic E-state index is 0.0324. The van der Waals surface area contributed by atoms with Gasteiger partial charge in [0.1, 0.15) is 16.4 Å². The molecule has 0 aliphatic heterocycles. The average Bonchev–Trinajstić information content (AvgIpc) is 3.65. The van der Waals surface area contributed by atoms with Crippen molar-refractivity contribution in [3.63, 3.8) is 0 Å². The molecule has 1 N–H and O–H groups in total. The lowest BCUT2D eigenvalue weighted by molar-refractivity contribution is -0.113. The second kappa shape index (κ2) is 12.9. The van der Waals surface area contributed by atoms with E-state index in [1.807, 2.05) is 38.2 Å². The third-order valence-corrected chi connectivity index (χ3v) is 9.99. The molecule has 4 aromatic rings. The summed E-state index contributed by atoms with van der Waals surface area (Å²) in [5.41, 5.74) is 3.44. The van der Waals surface area contributed by atoms with Crippen molar-refractivity contribution in [2.75, 3.05) is 24.8 Å². The highest BCUT2D eigenvalue weighted by Crippen LogP contribution is 2.41. The number of hydrogen-bond acceptors (Lipinski definition) is 9. The molecular formula is C29H33ClN6O4S2. The number of anilines is 1. The molecule has 0 bridgehead atoms. The number of hydrogen-bond donors (Lipinski definition) is 1. The standard InChI is InChI=1S/C29H33ClN6O4S2/c1-6-17-12-13-18-21(14-17)42-27(23(18)28(38)40-7-2)31-22(37)15-41-29-33-32-26(25-24(30)16(3)35(4)34-25)36(29)19-10-8-9-11-20(19)39-5/h8-11,17H,6-7,12-15H2,1-5H3,(H,31,37)/t17-/m0/s1. The molecule has 3 heterocycles. The van der Waals surface area contributed by atoms with Gasteiger partial charge < -0.3 is 14.8 Å². The van der Waals surface area contributed by atoms with Crippen LogP contribution in [-0.4, -0.2) is 55.9 Å².